The highest BCUT2D eigenvalue weighted by molar-refractivity contribution is 5.83. The molecule has 0 bridgehead atoms. The highest BCUT2D eigenvalue weighted by atomic mass is 14.8. The van der Waals surface area contributed by atoms with Crippen LogP contribution in [-0.4, -0.2) is 18.6 Å². The van der Waals surface area contributed by atoms with Gasteiger partial charge in [-0.25, -0.2) is 0 Å². The topological polar surface area (TPSA) is 27.8 Å². The third-order valence-corrected chi connectivity index (χ3v) is 2.76. The Bertz CT molecular complexity index is 443. The summed E-state index contributed by atoms with van der Waals surface area (Å²) < 4.78 is 0. The first-order chi connectivity index (χ1) is 7.31. The maximum absolute atomic E-state index is 3.37. The van der Waals surface area contributed by atoms with Crippen molar-refractivity contribution in [3.05, 3.63) is 35.5 Å². The summed E-state index contributed by atoms with van der Waals surface area (Å²) in [5, 5.41) is 4.56. The van der Waals surface area contributed by atoms with E-state index in [1.54, 1.807) is 0 Å². The van der Waals surface area contributed by atoms with Crippen LogP contribution >= 0.6 is 0 Å². The first-order valence-electron chi connectivity index (χ1n) is 5.53. The Balaban J connectivity index is 2.25. The number of aromatic amines is 1. The SMILES string of the molecule is CNCCCc1cccc2[nH]c(C)cc12. The molecular weight excluding hydrogens is 184 g/mol. The summed E-state index contributed by atoms with van der Waals surface area (Å²) in [5.74, 6) is 0. The number of H-pyrrole nitrogens is 1. The van der Waals surface area contributed by atoms with Crippen LogP contribution in [0.4, 0.5) is 0 Å². The number of nitrogens with one attached hydrogen (secondary N) is 2. The van der Waals surface area contributed by atoms with Gasteiger partial charge in [0.05, 0.1) is 0 Å². The summed E-state index contributed by atoms with van der Waals surface area (Å²) >= 11 is 0. The van der Waals surface area contributed by atoms with E-state index in [0.29, 0.717) is 0 Å². The number of aryl methyl sites for hydroxylation is 2. The molecule has 0 fully saturated rings. The number of hydrogen-bond donors (Lipinski definition) is 2. The van der Waals surface area contributed by atoms with Crippen LogP contribution in [0.25, 0.3) is 10.9 Å². The molecule has 2 N–H and O–H groups in total. The van der Waals surface area contributed by atoms with E-state index in [0.717, 1.165) is 13.0 Å². The molecule has 0 saturated heterocycles. The van der Waals surface area contributed by atoms with Crippen molar-refractivity contribution in [3.63, 3.8) is 0 Å². The molecule has 2 aromatic rings. The maximum atomic E-state index is 3.37. The molecule has 2 nitrogen and oxygen atoms in total. The molecule has 0 spiro atoms. The smallest absolute Gasteiger partial charge is 0.0458 e. The molecule has 1 aromatic heterocycles. The Labute approximate surface area is 90.7 Å². The van der Waals surface area contributed by atoms with Crippen LogP contribution in [0.3, 0.4) is 0 Å². The van der Waals surface area contributed by atoms with Crippen molar-refractivity contribution < 1.29 is 0 Å². The molecule has 2 heteroatoms. The molecule has 0 aliphatic heterocycles. The second-order valence-electron chi connectivity index (χ2n) is 4.04. The second kappa shape index (κ2) is 4.49. The molecule has 15 heavy (non-hydrogen) atoms. The number of rotatable bonds is 4. The van der Waals surface area contributed by atoms with E-state index in [4.69, 9.17) is 0 Å². The van der Waals surface area contributed by atoms with E-state index < -0.39 is 0 Å². The van der Waals surface area contributed by atoms with Crippen molar-refractivity contribution in [2.75, 3.05) is 13.6 Å². The molecule has 0 aliphatic rings. The van der Waals surface area contributed by atoms with Gasteiger partial charge in [-0.3, -0.25) is 0 Å². The molecule has 0 radical (unpaired) electrons. The normalized spacial score (nSPS) is 11.1. The van der Waals surface area contributed by atoms with Crippen LogP contribution in [0.2, 0.25) is 0 Å². The molecule has 2 rings (SSSR count). The van der Waals surface area contributed by atoms with E-state index in [-0.39, 0.29) is 0 Å². The van der Waals surface area contributed by atoms with Gasteiger partial charge in [0.15, 0.2) is 0 Å². The van der Waals surface area contributed by atoms with Gasteiger partial charge in [0, 0.05) is 16.6 Å². The second-order valence-corrected chi connectivity index (χ2v) is 4.04. The van der Waals surface area contributed by atoms with E-state index in [1.807, 2.05) is 7.05 Å². The lowest BCUT2D eigenvalue weighted by atomic mass is 10.1. The minimum absolute atomic E-state index is 1.08. The van der Waals surface area contributed by atoms with Crippen molar-refractivity contribution in [2.24, 2.45) is 0 Å². The van der Waals surface area contributed by atoms with Crippen molar-refractivity contribution in [3.8, 4) is 0 Å². The number of hydrogen-bond acceptors (Lipinski definition) is 1. The minimum atomic E-state index is 1.08. The zero-order chi connectivity index (χ0) is 10.7. The number of fused-ring (bicyclic) bond motifs is 1. The molecular formula is C13H18N2. The summed E-state index contributed by atoms with van der Waals surface area (Å²) in [7, 11) is 2.00. The van der Waals surface area contributed by atoms with E-state index in [9.17, 15) is 0 Å². The fourth-order valence-corrected chi connectivity index (χ4v) is 2.03. The molecule has 0 aliphatic carbocycles. The third-order valence-electron chi connectivity index (χ3n) is 2.76. The Morgan fingerprint density at radius 3 is 3.00 bits per heavy atom. The molecule has 0 amide bonds. The van der Waals surface area contributed by atoms with Crippen LogP contribution in [0.1, 0.15) is 17.7 Å². The summed E-state index contributed by atoms with van der Waals surface area (Å²) in [6.45, 7) is 3.19. The molecule has 1 heterocycles. The fourth-order valence-electron chi connectivity index (χ4n) is 2.03. The molecule has 0 saturated carbocycles. The Hall–Kier alpha value is -1.28. The zero-order valence-electron chi connectivity index (χ0n) is 9.43. The van der Waals surface area contributed by atoms with Crippen LogP contribution < -0.4 is 5.32 Å². The van der Waals surface area contributed by atoms with Crippen molar-refractivity contribution >= 4 is 10.9 Å². The maximum Gasteiger partial charge on any atom is 0.0458 e. The fraction of sp³-hybridized carbons (Fsp3) is 0.385. The van der Waals surface area contributed by atoms with Gasteiger partial charge in [-0.1, -0.05) is 12.1 Å². The van der Waals surface area contributed by atoms with Crippen molar-refractivity contribution in [1.29, 1.82) is 0 Å². The van der Waals surface area contributed by atoms with Crippen molar-refractivity contribution in [1.82, 2.24) is 10.3 Å². The first-order valence-corrected chi connectivity index (χ1v) is 5.53. The van der Waals surface area contributed by atoms with Crippen LogP contribution in [-0.2, 0) is 6.42 Å². The highest BCUT2D eigenvalue weighted by Gasteiger charge is 2.02. The zero-order valence-corrected chi connectivity index (χ0v) is 9.43. The Kier molecular flexibility index (Phi) is 3.07. The summed E-state index contributed by atoms with van der Waals surface area (Å²) in [5.41, 5.74) is 3.95. The van der Waals surface area contributed by atoms with Crippen LogP contribution in [0.5, 0.6) is 0 Å². The largest absolute Gasteiger partial charge is 0.359 e. The van der Waals surface area contributed by atoms with Gasteiger partial charge < -0.3 is 10.3 Å². The Morgan fingerprint density at radius 2 is 2.20 bits per heavy atom. The predicted molar refractivity (Wildman–Crippen MR) is 65.3 cm³/mol. The van der Waals surface area contributed by atoms with Gasteiger partial charge in [-0.05, 0) is 51.1 Å². The minimum Gasteiger partial charge on any atom is -0.359 e. The summed E-state index contributed by atoms with van der Waals surface area (Å²) in [6, 6.07) is 8.74. The molecule has 80 valence electrons. The molecule has 0 unspecified atom stereocenters. The first kappa shape index (κ1) is 10.2. The van der Waals surface area contributed by atoms with Gasteiger partial charge >= 0.3 is 0 Å². The van der Waals surface area contributed by atoms with Gasteiger partial charge in [0.1, 0.15) is 0 Å². The van der Waals surface area contributed by atoms with Crippen LogP contribution in [0, 0.1) is 6.92 Å². The lowest BCUT2D eigenvalue weighted by Gasteiger charge is -2.02. The predicted octanol–water partition coefficient (Wildman–Crippen LogP) is 2.63. The average molecular weight is 202 g/mol. The lowest BCUT2D eigenvalue weighted by Crippen LogP contribution is -2.08. The van der Waals surface area contributed by atoms with Gasteiger partial charge in [-0.15, -0.1) is 0 Å². The van der Waals surface area contributed by atoms with E-state index >= 15 is 0 Å². The third kappa shape index (κ3) is 2.21. The van der Waals surface area contributed by atoms with E-state index in [1.165, 1.54) is 28.6 Å². The monoisotopic (exact) mass is 202 g/mol. The molecule has 1 aromatic carbocycles. The van der Waals surface area contributed by atoms with Crippen LogP contribution in [0.15, 0.2) is 24.3 Å². The highest BCUT2D eigenvalue weighted by Crippen LogP contribution is 2.20. The standard InChI is InChI=1S/C13H18N2/c1-10-9-12-11(6-4-8-14-2)5-3-7-13(12)15-10/h3,5,7,9,14-15H,4,6,8H2,1-2H3. The summed E-state index contributed by atoms with van der Waals surface area (Å²) in [4.78, 5) is 3.37. The average Bonchev–Trinajstić information content (AvgIpc) is 2.59. The Morgan fingerprint density at radius 1 is 1.33 bits per heavy atom. The molecule has 0 atom stereocenters. The van der Waals surface area contributed by atoms with Crippen molar-refractivity contribution in [2.45, 2.75) is 19.8 Å². The van der Waals surface area contributed by atoms with Gasteiger partial charge in [0.2, 0.25) is 0 Å². The quantitative estimate of drug-likeness (QED) is 0.733. The number of aromatic nitrogens is 1. The lowest BCUT2D eigenvalue weighted by molar-refractivity contribution is 0.727. The number of benzene rings is 1. The summed E-state index contributed by atoms with van der Waals surface area (Å²) in [6.07, 6.45) is 2.34. The van der Waals surface area contributed by atoms with Gasteiger partial charge in [0.25, 0.3) is 0 Å². The van der Waals surface area contributed by atoms with E-state index in [2.05, 4.69) is 41.5 Å². The van der Waals surface area contributed by atoms with Gasteiger partial charge in [-0.2, -0.15) is 0 Å².